The van der Waals surface area contributed by atoms with E-state index in [4.69, 9.17) is 4.74 Å². The predicted octanol–water partition coefficient (Wildman–Crippen LogP) is 3.35. The summed E-state index contributed by atoms with van der Waals surface area (Å²) in [6, 6.07) is 4.24. The quantitative estimate of drug-likeness (QED) is 0.783. The molecule has 1 aromatic rings. The van der Waals surface area contributed by atoms with Gasteiger partial charge in [0.1, 0.15) is 0 Å². The summed E-state index contributed by atoms with van der Waals surface area (Å²) in [5.74, 6) is 3.78. The predicted molar refractivity (Wildman–Crippen MR) is 87.5 cm³/mol. The second-order valence-corrected chi connectivity index (χ2v) is 7.52. The van der Waals surface area contributed by atoms with Crippen LogP contribution in [0.25, 0.3) is 0 Å². The smallest absolute Gasteiger partial charge is 0.0887 e. The van der Waals surface area contributed by atoms with Gasteiger partial charge in [0.05, 0.1) is 18.9 Å². The van der Waals surface area contributed by atoms with Gasteiger partial charge in [-0.15, -0.1) is 11.8 Å². The van der Waals surface area contributed by atoms with Crippen molar-refractivity contribution in [3.8, 4) is 0 Å². The zero-order chi connectivity index (χ0) is 14.5. The van der Waals surface area contributed by atoms with Crippen molar-refractivity contribution in [2.45, 2.75) is 37.7 Å². The van der Waals surface area contributed by atoms with E-state index < -0.39 is 0 Å². The van der Waals surface area contributed by atoms with Crippen LogP contribution in [0, 0.1) is 17.8 Å². The SMILES string of the molecule is CCSc1ccc(COCC2CC2C2CCNCC2)nc1. The number of aromatic nitrogens is 1. The molecule has 2 atom stereocenters. The summed E-state index contributed by atoms with van der Waals surface area (Å²) in [6.45, 7) is 6.16. The molecule has 3 rings (SSSR count). The Morgan fingerprint density at radius 2 is 2.19 bits per heavy atom. The highest BCUT2D eigenvalue weighted by Gasteiger charge is 2.42. The molecule has 2 fully saturated rings. The normalized spacial score (nSPS) is 26.0. The maximum Gasteiger partial charge on any atom is 0.0887 e. The highest BCUT2D eigenvalue weighted by molar-refractivity contribution is 7.99. The maximum absolute atomic E-state index is 5.88. The van der Waals surface area contributed by atoms with Crippen molar-refractivity contribution in [2.75, 3.05) is 25.4 Å². The number of nitrogens with one attached hydrogen (secondary N) is 1. The summed E-state index contributed by atoms with van der Waals surface area (Å²) in [5, 5.41) is 3.45. The number of nitrogens with zero attached hydrogens (tertiary/aromatic N) is 1. The first-order valence-corrected chi connectivity index (χ1v) is 9.21. The van der Waals surface area contributed by atoms with Crippen LogP contribution in [-0.2, 0) is 11.3 Å². The van der Waals surface area contributed by atoms with E-state index in [9.17, 15) is 0 Å². The molecule has 1 saturated heterocycles. The van der Waals surface area contributed by atoms with E-state index >= 15 is 0 Å². The lowest BCUT2D eigenvalue weighted by atomic mass is 9.92. The Bertz CT molecular complexity index is 431. The molecule has 1 aliphatic heterocycles. The van der Waals surface area contributed by atoms with Crippen LogP contribution >= 0.6 is 11.8 Å². The van der Waals surface area contributed by atoms with Crippen LogP contribution in [-0.4, -0.2) is 30.4 Å². The Kier molecular flexibility index (Phi) is 5.55. The van der Waals surface area contributed by atoms with Crippen LogP contribution < -0.4 is 5.32 Å². The van der Waals surface area contributed by atoms with Gasteiger partial charge in [-0.2, -0.15) is 0 Å². The first kappa shape index (κ1) is 15.3. The Morgan fingerprint density at radius 1 is 1.33 bits per heavy atom. The largest absolute Gasteiger partial charge is 0.375 e. The van der Waals surface area contributed by atoms with Gasteiger partial charge in [-0.3, -0.25) is 4.98 Å². The third kappa shape index (κ3) is 4.44. The van der Waals surface area contributed by atoms with Crippen molar-refractivity contribution in [1.82, 2.24) is 10.3 Å². The molecule has 0 radical (unpaired) electrons. The highest BCUT2D eigenvalue weighted by atomic mass is 32.2. The maximum atomic E-state index is 5.88. The minimum absolute atomic E-state index is 0.659. The molecule has 2 heterocycles. The summed E-state index contributed by atoms with van der Waals surface area (Å²) in [4.78, 5) is 5.71. The van der Waals surface area contributed by atoms with Crippen LogP contribution in [0.1, 0.15) is 31.9 Å². The summed E-state index contributed by atoms with van der Waals surface area (Å²) in [5.41, 5.74) is 1.05. The number of ether oxygens (including phenoxy) is 1. The fourth-order valence-corrected chi connectivity index (χ4v) is 4.00. The lowest BCUT2D eigenvalue weighted by Gasteiger charge is -2.22. The van der Waals surface area contributed by atoms with Gasteiger partial charge in [0.25, 0.3) is 0 Å². The Balaban J connectivity index is 1.35. The van der Waals surface area contributed by atoms with Crippen molar-refractivity contribution >= 4 is 11.8 Å². The molecule has 0 bridgehead atoms. The van der Waals surface area contributed by atoms with Gasteiger partial charge in [0, 0.05) is 11.1 Å². The van der Waals surface area contributed by atoms with Crippen LogP contribution in [0.3, 0.4) is 0 Å². The monoisotopic (exact) mass is 306 g/mol. The van der Waals surface area contributed by atoms with E-state index in [2.05, 4.69) is 29.4 Å². The van der Waals surface area contributed by atoms with Gasteiger partial charge in [-0.1, -0.05) is 6.92 Å². The van der Waals surface area contributed by atoms with Gasteiger partial charge in [0.15, 0.2) is 0 Å². The molecule has 0 aromatic carbocycles. The minimum atomic E-state index is 0.659. The minimum Gasteiger partial charge on any atom is -0.375 e. The number of rotatable bonds is 7. The standard InChI is InChI=1S/C17H26N2OS/c1-2-21-16-4-3-15(19-10-16)12-20-11-14-9-17(14)13-5-7-18-8-6-13/h3-4,10,13-14,17-18H,2,5-9,11-12H2,1H3. The molecular formula is C17H26N2OS. The van der Waals surface area contributed by atoms with E-state index in [1.165, 1.54) is 37.2 Å². The second kappa shape index (κ2) is 7.61. The fourth-order valence-electron chi connectivity index (χ4n) is 3.38. The summed E-state index contributed by atoms with van der Waals surface area (Å²) in [6.07, 6.45) is 6.06. The van der Waals surface area contributed by atoms with Gasteiger partial charge >= 0.3 is 0 Å². The number of thioether (sulfide) groups is 1. The molecule has 1 aliphatic carbocycles. The zero-order valence-corrected chi connectivity index (χ0v) is 13.7. The summed E-state index contributed by atoms with van der Waals surface area (Å²) < 4.78 is 5.88. The molecule has 1 saturated carbocycles. The van der Waals surface area contributed by atoms with Gasteiger partial charge in [0.2, 0.25) is 0 Å². The highest BCUT2D eigenvalue weighted by Crippen LogP contribution is 2.47. The third-order valence-electron chi connectivity index (χ3n) is 4.66. The molecular weight excluding hydrogens is 280 g/mol. The fraction of sp³-hybridized carbons (Fsp3) is 0.706. The topological polar surface area (TPSA) is 34.1 Å². The lowest BCUT2D eigenvalue weighted by Crippen LogP contribution is -2.29. The van der Waals surface area contributed by atoms with E-state index in [1.54, 1.807) is 0 Å². The Morgan fingerprint density at radius 3 is 2.90 bits per heavy atom. The van der Waals surface area contributed by atoms with E-state index in [1.807, 2.05) is 18.0 Å². The van der Waals surface area contributed by atoms with E-state index in [-0.39, 0.29) is 0 Å². The first-order chi connectivity index (χ1) is 10.4. The van der Waals surface area contributed by atoms with Crippen LogP contribution in [0.4, 0.5) is 0 Å². The molecule has 2 aliphatic rings. The average Bonchev–Trinajstić information content (AvgIpc) is 3.30. The first-order valence-electron chi connectivity index (χ1n) is 8.23. The molecule has 1 aromatic heterocycles. The second-order valence-electron chi connectivity index (χ2n) is 6.18. The third-order valence-corrected chi connectivity index (χ3v) is 5.52. The molecule has 0 amide bonds. The van der Waals surface area contributed by atoms with Gasteiger partial charge < -0.3 is 10.1 Å². The molecule has 0 spiro atoms. The van der Waals surface area contributed by atoms with Crippen molar-refractivity contribution < 1.29 is 4.74 Å². The summed E-state index contributed by atoms with van der Waals surface area (Å²) in [7, 11) is 0. The number of hydrogen-bond donors (Lipinski definition) is 1. The zero-order valence-electron chi connectivity index (χ0n) is 12.9. The van der Waals surface area contributed by atoms with Crippen LogP contribution in [0.2, 0.25) is 0 Å². The molecule has 1 N–H and O–H groups in total. The molecule has 3 nitrogen and oxygen atoms in total. The van der Waals surface area contributed by atoms with Crippen LogP contribution in [0.15, 0.2) is 23.2 Å². The molecule has 21 heavy (non-hydrogen) atoms. The van der Waals surface area contributed by atoms with Crippen molar-refractivity contribution in [2.24, 2.45) is 17.8 Å². The number of hydrogen-bond acceptors (Lipinski definition) is 4. The van der Waals surface area contributed by atoms with Crippen molar-refractivity contribution in [3.05, 3.63) is 24.0 Å². The average molecular weight is 306 g/mol. The van der Waals surface area contributed by atoms with Crippen molar-refractivity contribution in [1.29, 1.82) is 0 Å². The number of piperidine rings is 1. The summed E-state index contributed by atoms with van der Waals surface area (Å²) >= 11 is 1.83. The lowest BCUT2D eigenvalue weighted by molar-refractivity contribution is 0.101. The Labute approximate surface area is 132 Å². The van der Waals surface area contributed by atoms with E-state index in [0.29, 0.717) is 6.61 Å². The Hall–Kier alpha value is -0.580. The molecule has 4 heteroatoms. The number of pyridine rings is 1. The van der Waals surface area contributed by atoms with Gasteiger partial charge in [-0.25, -0.2) is 0 Å². The van der Waals surface area contributed by atoms with Crippen LogP contribution in [0.5, 0.6) is 0 Å². The molecule has 116 valence electrons. The molecule has 2 unspecified atom stereocenters. The van der Waals surface area contributed by atoms with E-state index in [0.717, 1.165) is 35.8 Å². The van der Waals surface area contributed by atoms with Crippen molar-refractivity contribution in [3.63, 3.8) is 0 Å². The van der Waals surface area contributed by atoms with Gasteiger partial charge in [-0.05, 0) is 68.0 Å².